The Labute approximate surface area is 75.1 Å². The maximum atomic E-state index is 10.5. The summed E-state index contributed by atoms with van der Waals surface area (Å²) in [5.41, 5.74) is 6.32. The lowest BCUT2D eigenvalue weighted by Gasteiger charge is -1.96. The third kappa shape index (κ3) is 2.89. The van der Waals surface area contributed by atoms with Gasteiger partial charge in [0.1, 0.15) is 0 Å². The number of amides is 1. The lowest BCUT2D eigenvalue weighted by atomic mass is 10.1. The molecule has 0 unspecified atom stereocenters. The van der Waals surface area contributed by atoms with E-state index in [4.69, 9.17) is 5.73 Å². The van der Waals surface area contributed by atoms with Crippen LogP contribution in [0.4, 0.5) is 5.69 Å². The number of carbonyl (C=O) groups is 1. The van der Waals surface area contributed by atoms with Gasteiger partial charge in [-0.15, -0.1) is 0 Å². The van der Waals surface area contributed by atoms with Gasteiger partial charge in [0.15, 0.2) is 0 Å². The van der Waals surface area contributed by atoms with E-state index in [-0.39, 0.29) is 12.3 Å². The summed E-state index contributed by atoms with van der Waals surface area (Å²) in [6.07, 6.45) is 1.63. The summed E-state index contributed by atoms with van der Waals surface area (Å²) < 4.78 is 0. The predicted octanol–water partition coefficient (Wildman–Crippen LogP) is 0.682. The van der Waals surface area contributed by atoms with E-state index in [2.05, 4.69) is 4.99 Å². The smallest absolute Gasteiger partial charge is 0.240 e. The first-order chi connectivity index (χ1) is 6.22. The van der Waals surface area contributed by atoms with Gasteiger partial charge in [-0.25, -0.2) is 4.79 Å². The summed E-state index contributed by atoms with van der Waals surface area (Å²) in [6, 6.07) is 6.65. The summed E-state index contributed by atoms with van der Waals surface area (Å²) in [5, 5.41) is 0. The Balaban J connectivity index is 2.80. The molecule has 0 aliphatic carbocycles. The zero-order valence-electron chi connectivity index (χ0n) is 6.86. The van der Waals surface area contributed by atoms with Crippen molar-refractivity contribution in [3.05, 3.63) is 29.8 Å². The fraction of sp³-hybridized carbons (Fsp3) is 0.111. The van der Waals surface area contributed by atoms with E-state index in [0.29, 0.717) is 5.69 Å². The molecule has 0 saturated carbocycles. The molecule has 0 fully saturated rings. The van der Waals surface area contributed by atoms with E-state index in [1.54, 1.807) is 24.3 Å². The van der Waals surface area contributed by atoms with Gasteiger partial charge in [-0.05, 0) is 17.7 Å². The molecule has 0 radical (unpaired) electrons. The minimum absolute atomic E-state index is 0.199. The molecule has 4 nitrogen and oxygen atoms in total. The number of rotatable bonds is 3. The van der Waals surface area contributed by atoms with Crippen molar-refractivity contribution in [2.24, 2.45) is 10.7 Å². The van der Waals surface area contributed by atoms with E-state index in [1.807, 2.05) is 0 Å². The Morgan fingerprint density at radius 3 is 2.46 bits per heavy atom. The van der Waals surface area contributed by atoms with Crippen LogP contribution in [0.1, 0.15) is 5.56 Å². The van der Waals surface area contributed by atoms with Crippen LogP contribution in [-0.2, 0) is 16.0 Å². The normalized spacial score (nSPS) is 8.92. The topological polar surface area (TPSA) is 72.5 Å². The molecule has 0 aliphatic heterocycles. The van der Waals surface area contributed by atoms with Crippen LogP contribution in [0.25, 0.3) is 0 Å². The highest BCUT2D eigenvalue weighted by molar-refractivity contribution is 5.76. The highest BCUT2D eigenvalue weighted by Gasteiger charge is 1.97. The van der Waals surface area contributed by atoms with Crippen LogP contribution in [0.3, 0.4) is 0 Å². The third-order valence-corrected chi connectivity index (χ3v) is 1.49. The second-order valence-electron chi connectivity index (χ2n) is 2.51. The van der Waals surface area contributed by atoms with Crippen LogP contribution in [0.2, 0.25) is 0 Å². The number of nitrogens with zero attached hydrogens (tertiary/aromatic N) is 1. The summed E-state index contributed by atoms with van der Waals surface area (Å²) in [7, 11) is 0. The minimum atomic E-state index is -0.383. The first-order valence-electron chi connectivity index (χ1n) is 3.67. The molecule has 4 heteroatoms. The van der Waals surface area contributed by atoms with E-state index in [1.165, 1.54) is 6.08 Å². The van der Waals surface area contributed by atoms with E-state index >= 15 is 0 Å². The van der Waals surface area contributed by atoms with Gasteiger partial charge < -0.3 is 5.73 Å². The number of aliphatic imine (C=N–C) groups is 1. The van der Waals surface area contributed by atoms with Crippen LogP contribution in [-0.4, -0.2) is 12.0 Å². The molecule has 0 bridgehead atoms. The molecule has 0 saturated heterocycles. The Morgan fingerprint density at radius 2 is 2.00 bits per heavy atom. The van der Waals surface area contributed by atoms with Crippen LogP contribution >= 0.6 is 0 Å². The minimum Gasteiger partial charge on any atom is -0.369 e. The maximum absolute atomic E-state index is 10.5. The summed E-state index contributed by atoms with van der Waals surface area (Å²) >= 11 is 0. The molecule has 1 aromatic carbocycles. The second kappa shape index (κ2) is 4.18. The van der Waals surface area contributed by atoms with Gasteiger partial charge in [0, 0.05) is 0 Å². The summed E-state index contributed by atoms with van der Waals surface area (Å²) in [5.74, 6) is -0.383. The second-order valence-corrected chi connectivity index (χ2v) is 2.51. The van der Waals surface area contributed by atoms with Crippen molar-refractivity contribution in [1.29, 1.82) is 0 Å². The number of nitrogens with two attached hydrogens (primary N) is 1. The molecule has 2 N–H and O–H groups in total. The zero-order chi connectivity index (χ0) is 9.68. The van der Waals surface area contributed by atoms with E-state index in [0.717, 1.165) is 5.56 Å². The van der Waals surface area contributed by atoms with Crippen molar-refractivity contribution in [2.45, 2.75) is 6.42 Å². The lowest BCUT2D eigenvalue weighted by Crippen LogP contribution is -2.13. The Morgan fingerprint density at radius 1 is 1.38 bits per heavy atom. The molecule has 0 atom stereocenters. The molecular weight excluding hydrogens is 168 g/mol. The number of isocyanates is 1. The van der Waals surface area contributed by atoms with Crippen molar-refractivity contribution in [2.75, 3.05) is 0 Å². The number of hydrogen-bond donors (Lipinski definition) is 1. The largest absolute Gasteiger partial charge is 0.369 e. The van der Waals surface area contributed by atoms with Crippen LogP contribution < -0.4 is 5.73 Å². The highest BCUT2D eigenvalue weighted by Crippen LogP contribution is 2.12. The SMILES string of the molecule is NC(=O)Cc1ccc(N=C=O)cc1. The molecular formula is C9H8N2O2. The fourth-order valence-electron chi connectivity index (χ4n) is 0.942. The number of hydrogen-bond acceptors (Lipinski definition) is 3. The maximum Gasteiger partial charge on any atom is 0.240 e. The molecule has 13 heavy (non-hydrogen) atoms. The quantitative estimate of drug-likeness (QED) is 0.543. The Kier molecular flexibility index (Phi) is 2.95. The van der Waals surface area contributed by atoms with Crippen LogP contribution in [0.15, 0.2) is 29.3 Å². The van der Waals surface area contributed by atoms with Crippen molar-refractivity contribution in [1.82, 2.24) is 0 Å². The monoisotopic (exact) mass is 176 g/mol. The van der Waals surface area contributed by atoms with Gasteiger partial charge in [0.25, 0.3) is 0 Å². The van der Waals surface area contributed by atoms with Crippen LogP contribution in [0, 0.1) is 0 Å². The number of benzene rings is 1. The Bertz CT molecular complexity index is 350. The summed E-state index contributed by atoms with van der Waals surface area (Å²) in [4.78, 5) is 23.8. The van der Waals surface area contributed by atoms with E-state index in [9.17, 15) is 9.59 Å². The summed E-state index contributed by atoms with van der Waals surface area (Å²) in [6.45, 7) is 0. The van der Waals surface area contributed by atoms with Crippen LogP contribution in [0.5, 0.6) is 0 Å². The van der Waals surface area contributed by atoms with Gasteiger partial charge in [-0.1, -0.05) is 12.1 Å². The molecule has 1 amide bonds. The molecule has 0 aromatic heterocycles. The highest BCUT2D eigenvalue weighted by atomic mass is 16.1. The molecule has 1 rings (SSSR count). The van der Waals surface area contributed by atoms with Gasteiger partial charge >= 0.3 is 0 Å². The standard InChI is InChI=1S/C9H8N2O2/c10-9(13)5-7-1-3-8(4-2-7)11-6-12/h1-4H,5H2,(H2,10,13). The molecule has 66 valence electrons. The van der Waals surface area contributed by atoms with Crippen molar-refractivity contribution < 1.29 is 9.59 Å². The Hall–Kier alpha value is -1.93. The van der Waals surface area contributed by atoms with Gasteiger partial charge in [-0.2, -0.15) is 4.99 Å². The first-order valence-corrected chi connectivity index (χ1v) is 3.67. The number of primary amides is 1. The molecule has 0 aliphatic rings. The van der Waals surface area contributed by atoms with E-state index < -0.39 is 0 Å². The van der Waals surface area contributed by atoms with Crippen molar-refractivity contribution in [3.63, 3.8) is 0 Å². The van der Waals surface area contributed by atoms with Crippen molar-refractivity contribution >= 4 is 17.7 Å². The third-order valence-electron chi connectivity index (χ3n) is 1.49. The predicted molar refractivity (Wildman–Crippen MR) is 47.1 cm³/mol. The van der Waals surface area contributed by atoms with Gasteiger partial charge in [0.2, 0.25) is 12.0 Å². The first kappa shape index (κ1) is 9.16. The molecule has 0 spiro atoms. The van der Waals surface area contributed by atoms with Gasteiger partial charge in [0.05, 0.1) is 12.1 Å². The average Bonchev–Trinajstić information content (AvgIpc) is 2.08. The zero-order valence-corrected chi connectivity index (χ0v) is 6.86. The molecule has 1 aromatic rings. The number of carbonyl (C=O) groups excluding carboxylic acids is 2. The van der Waals surface area contributed by atoms with Gasteiger partial charge in [-0.3, -0.25) is 4.79 Å². The molecule has 0 heterocycles. The van der Waals surface area contributed by atoms with Crippen molar-refractivity contribution in [3.8, 4) is 0 Å². The fourth-order valence-corrected chi connectivity index (χ4v) is 0.942. The lowest BCUT2D eigenvalue weighted by molar-refractivity contribution is -0.117. The average molecular weight is 176 g/mol.